The molecule has 4 rings (SSSR count). The van der Waals surface area contributed by atoms with Crippen LogP contribution in [0.1, 0.15) is 34.8 Å². The molecule has 0 atom stereocenters. The van der Waals surface area contributed by atoms with Crippen LogP contribution >= 0.6 is 0 Å². The molecule has 0 saturated carbocycles. The topological polar surface area (TPSA) is 67.9 Å². The maximum Gasteiger partial charge on any atom is 0.294 e. The van der Waals surface area contributed by atoms with E-state index in [9.17, 15) is 14.0 Å². The highest BCUT2D eigenvalue weighted by molar-refractivity contribution is 6.09. The molecule has 1 aliphatic heterocycles. The van der Waals surface area contributed by atoms with E-state index in [1.165, 1.54) is 12.1 Å². The third-order valence-corrected chi connectivity index (χ3v) is 5.49. The van der Waals surface area contributed by atoms with Crippen molar-refractivity contribution in [2.24, 2.45) is 0 Å². The molecule has 7 heteroatoms. The maximum atomic E-state index is 13.7. The van der Waals surface area contributed by atoms with Gasteiger partial charge in [-0.3, -0.25) is 14.5 Å². The average molecular weight is 475 g/mol. The summed E-state index contributed by atoms with van der Waals surface area (Å²) in [5.41, 5.74) is 2.53. The largest absolute Gasteiger partial charge is 0.449 e. The highest BCUT2D eigenvalue weighted by atomic mass is 19.1. The molecule has 2 amide bonds. The molecule has 180 valence electrons. The monoisotopic (exact) mass is 474 g/mol. The quantitative estimate of drug-likeness (QED) is 0.352. The predicted molar refractivity (Wildman–Crippen MR) is 133 cm³/mol. The van der Waals surface area contributed by atoms with Crippen molar-refractivity contribution in [2.45, 2.75) is 19.9 Å². The smallest absolute Gasteiger partial charge is 0.294 e. The van der Waals surface area contributed by atoms with E-state index in [4.69, 9.17) is 9.47 Å². The molecule has 1 aliphatic rings. The standard InChI is InChI=1S/C28H27FN2O4/c1-2-34-16-6-15-30-27(32)22-13-11-20(12-14-22)18-26-28(33)31(19-21-7-5-8-23(29)17-21)24-9-3-4-10-25(24)35-26/h3-5,7-14,17-18H,2,6,15-16,19H2,1H3,(H,30,32). The number of halogens is 1. The van der Waals surface area contributed by atoms with E-state index in [0.29, 0.717) is 47.9 Å². The first-order valence-electron chi connectivity index (χ1n) is 11.6. The molecule has 0 saturated heterocycles. The molecule has 0 fully saturated rings. The Kier molecular flexibility index (Phi) is 7.90. The Bertz CT molecular complexity index is 1220. The number of hydrogen-bond acceptors (Lipinski definition) is 4. The minimum Gasteiger partial charge on any atom is -0.449 e. The summed E-state index contributed by atoms with van der Waals surface area (Å²) in [5.74, 6) is -0.165. The van der Waals surface area contributed by atoms with Gasteiger partial charge in [0.25, 0.3) is 11.8 Å². The minimum atomic E-state index is -0.356. The van der Waals surface area contributed by atoms with Gasteiger partial charge in [0.1, 0.15) is 5.82 Å². The lowest BCUT2D eigenvalue weighted by molar-refractivity contribution is -0.117. The number of carbonyl (C=O) groups excluding carboxylic acids is 2. The third-order valence-electron chi connectivity index (χ3n) is 5.49. The number of fused-ring (bicyclic) bond motifs is 1. The van der Waals surface area contributed by atoms with E-state index in [0.717, 1.165) is 6.42 Å². The Hall–Kier alpha value is -3.97. The molecule has 0 aromatic heterocycles. The molecule has 3 aromatic rings. The van der Waals surface area contributed by atoms with Crippen LogP contribution in [0.25, 0.3) is 6.08 Å². The number of ether oxygens (including phenoxy) is 2. The molecule has 6 nitrogen and oxygen atoms in total. The molecule has 0 unspecified atom stereocenters. The number of nitrogens with one attached hydrogen (secondary N) is 1. The van der Waals surface area contributed by atoms with E-state index in [2.05, 4.69) is 5.32 Å². The molecule has 35 heavy (non-hydrogen) atoms. The summed E-state index contributed by atoms with van der Waals surface area (Å²) in [4.78, 5) is 27.2. The van der Waals surface area contributed by atoms with Gasteiger partial charge in [0, 0.05) is 25.3 Å². The first-order valence-corrected chi connectivity index (χ1v) is 11.6. The van der Waals surface area contributed by atoms with Crippen LogP contribution in [0.2, 0.25) is 0 Å². The van der Waals surface area contributed by atoms with Crippen molar-refractivity contribution in [2.75, 3.05) is 24.7 Å². The van der Waals surface area contributed by atoms with Crippen LogP contribution in [-0.4, -0.2) is 31.6 Å². The molecule has 3 aromatic carbocycles. The van der Waals surface area contributed by atoms with Gasteiger partial charge in [0.2, 0.25) is 0 Å². The van der Waals surface area contributed by atoms with Crippen LogP contribution in [0.4, 0.5) is 10.1 Å². The van der Waals surface area contributed by atoms with Gasteiger partial charge < -0.3 is 14.8 Å². The van der Waals surface area contributed by atoms with Crippen LogP contribution in [0.3, 0.4) is 0 Å². The predicted octanol–water partition coefficient (Wildman–Crippen LogP) is 4.95. The van der Waals surface area contributed by atoms with Crippen molar-refractivity contribution in [3.05, 3.63) is 101 Å². The SMILES string of the molecule is CCOCCCNC(=O)c1ccc(C=C2Oc3ccccc3N(Cc3cccc(F)c3)C2=O)cc1. The Morgan fingerprint density at radius 1 is 1.09 bits per heavy atom. The summed E-state index contributed by atoms with van der Waals surface area (Å²) in [6.45, 7) is 3.94. The van der Waals surface area contributed by atoms with Crippen molar-refractivity contribution in [3.63, 3.8) is 0 Å². The van der Waals surface area contributed by atoms with Crippen molar-refractivity contribution in [3.8, 4) is 5.75 Å². The van der Waals surface area contributed by atoms with Gasteiger partial charge in [-0.25, -0.2) is 4.39 Å². The molecule has 0 spiro atoms. The lowest BCUT2D eigenvalue weighted by Gasteiger charge is -2.30. The van der Waals surface area contributed by atoms with E-state index < -0.39 is 0 Å². The van der Waals surface area contributed by atoms with E-state index in [-0.39, 0.29) is 29.9 Å². The second-order valence-electron chi connectivity index (χ2n) is 8.03. The number of rotatable bonds is 9. The molecule has 0 aliphatic carbocycles. The second-order valence-corrected chi connectivity index (χ2v) is 8.03. The lowest BCUT2D eigenvalue weighted by Crippen LogP contribution is -2.36. The van der Waals surface area contributed by atoms with Gasteiger partial charge in [0.15, 0.2) is 11.5 Å². The zero-order valence-electron chi connectivity index (χ0n) is 19.5. The average Bonchev–Trinajstić information content (AvgIpc) is 2.87. The molecule has 1 N–H and O–H groups in total. The highest BCUT2D eigenvalue weighted by Crippen LogP contribution is 2.36. The molecule has 0 bridgehead atoms. The summed E-state index contributed by atoms with van der Waals surface area (Å²) in [5, 5.41) is 2.86. The molecule has 0 radical (unpaired) electrons. The van der Waals surface area contributed by atoms with Crippen molar-refractivity contribution in [1.29, 1.82) is 0 Å². The first kappa shape index (κ1) is 24.2. The number of nitrogens with zero attached hydrogens (tertiary/aromatic N) is 1. The van der Waals surface area contributed by atoms with Crippen molar-refractivity contribution < 1.29 is 23.5 Å². The Balaban J connectivity index is 1.50. The summed E-state index contributed by atoms with van der Waals surface area (Å²) >= 11 is 0. The van der Waals surface area contributed by atoms with E-state index >= 15 is 0 Å². The van der Waals surface area contributed by atoms with Crippen LogP contribution in [0.5, 0.6) is 5.75 Å². The molecular weight excluding hydrogens is 447 g/mol. The minimum absolute atomic E-state index is 0.147. The first-order chi connectivity index (χ1) is 17.0. The fraction of sp³-hybridized carbons (Fsp3) is 0.214. The third kappa shape index (κ3) is 6.13. The fourth-order valence-corrected chi connectivity index (χ4v) is 3.74. The summed E-state index contributed by atoms with van der Waals surface area (Å²) in [6.07, 6.45) is 2.39. The Morgan fingerprint density at radius 3 is 2.66 bits per heavy atom. The fourth-order valence-electron chi connectivity index (χ4n) is 3.74. The van der Waals surface area contributed by atoms with Crippen LogP contribution in [-0.2, 0) is 16.1 Å². The van der Waals surface area contributed by atoms with Gasteiger partial charge in [-0.15, -0.1) is 0 Å². The maximum absolute atomic E-state index is 13.7. The van der Waals surface area contributed by atoms with Crippen LogP contribution in [0.15, 0.2) is 78.6 Å². The van der Waals surface area contributed by atoms with E-state index in [1.54, 1.807) is 59.5 Å². The zero-order chi connectivity index (χ0) is 24.6. The van der Waals surface area contributed by atoms with Gasteiger partial charge in [-0.05, 0) is 66.9 Å². The Labute approximate surface area is 204 Å². The van der Waals surface area contributed by atoms with Crippen LogP contribution < -0.4 is 15.0 Å². The molecular formula is C28H27FN2O4. The van der Waals surface area contributed by atoms with Gasteiger partial charge >= 0.3 is 0 Å². The number of anilines is 1. The lowest BCUT2D eigenvalue weighted by atomic mass is 10.1. The van der Waals surface area contributed by atoms with Crippen molar-refractivity contribution >= 4 is 23.6 Å². The highest BCUT2D eigenvalue weighted by Gasteiger charge is 2.30. The number of hydrogen-bond donors (Lipinski definition) is 1. The normalized spacial score (nSPS) is 13.9. The van der Waals surface area contributed by atoms with Gasteiger partial charge in [-0.1, -0.05) is 36.4 Å². The summed E-state index contributed by atoms with van der Waals surface area (Å²) in [6, 6.07) is 20.3. The Morgan fingerprint density at radius 2 is 1.89 bits per heavy atom. The van der Waals surface area contributed by atoms with E-state index in [1.807, 2.05) is 19.1 Å². The number of amides is 2. The zero-order valence-corrected chi connectivity index (χ0v) is 19.5. The van der Waals surface area contributed by atoms with Crippen molar-refractivity contribution in [1.82, 2.24) is 5.32 Å². The van der Waals surface area contributed by atoms with Crippen LogP contribution in [0, 0.1) is 5.82 Å². The van der Waals surface area contributed by atoms with Gasteiger partial charge in [-0.2, -0.15) is 0 Å². The summed E-state index contributed by atoms with van der Waals surface area (Å²) < 4.78 is 24.9. The van der Waals surface area contributed by atoms with Gasteiger partial charge in [0.05, 0.1) is 12.2 Å². The second kappa shape index (κ2) is 11.4. The number of carbonyl (C=O) groups is 2. The number of para-hydroxylation sites is 2. The summed E-state index contributed by atoms with van der Waals surface area (Å²) in [7, 11) is 0. The number of benzene rings is 3. The molecule has 1 heterocycles.